The highest BCUT2D eigenvalue weighted by atomic mass is 35.5. The molecule has 0 radical (unpaired) electrons. The molecule has 2 rings (SSSR count). The molecule has 1 atom stereocenters. The van der Waals surface area contributed by atoms with Crippen molar-refractivity contribution in [2.24, 2.45) is 11.1 Å². The summed E-state index contributed by atoms with van der Waals surface area (Å²) < 4.78 is 0. The molecule has 1 aliphatic heterocycles. The van der Waals surface area contributed by atoms with Gasteiger partial charge in [0.15, 0.2) is 0 Å². The van der Waals surface area contributed by atoms with Gasteiger partial charge in [-0.3, -0.25) is 4.79 Å². The summed E-state index contributed by atoms with van der Waals surface area (Å²) in [5, 5.41) is 16.3. The average molecular weight is 393 g/mol. The minimum atomic E-state index is -0.114. The highest BCUT2D eigenvalue weighted by Crippen LogP contribution is 2.14. The van der Waals surface area contributed by atoms with Crippen LogP contribution in [0.15, 0.2) is 29.4 Å². The molecule has 0 aromatic heterocycles. The van der Waals surface area contributed by atoms with Crippen molar-refractivity contribution in [2.45, 2.75) is 45.8 Å². The molecule has 6 nitrogen and oxygen atoms in total. The topological polar surface area (TPSA) is 77.7 Å². The Bertz CT molecular complexity index is 675. The number of oxime groups is 1. The van der Waals surface area contributed by atoms with E-state index in [2.05, 4.69) is 30.4 Å². The zero-order chi connectivity index (χ0) is 18.9. The summed E-state index contributed by atoms with van der Waals surface area (Å²) in [6.07, 6.45) is 2.32. The van der Waals surface area contributed by atoms with Gasteiger partial charge in [-0.2, -0.15) is 5.26 Å². The average Bonchev–Trinajstić information content (AvgIpc) is 2.66. The monoisotopic (exact) mass is 392 g/mol. The number of hydrogen-bond donors (Lipinski definition) is 1. The number of amides is 1. The molecule has 1 saturated heterocycles. The van der Waals surface area contributed by atoms with Gasteiger partial charge in [-0.1, -0.05) is 31.1 Å². The number of piperidine rings is 1. The Morgan fingerprint density at radius 1 is 1.37 bits per heavy atom. The van der Waals surface area contributed by atoms with Crippen LogP contribution >= 0.6 is 12.4 Å². The van der Waals surface area contributed by atoms with Gasteiger partial charge in [-0.15, -0.1) is 12.4 Å². The molecule has 1 heterocycles. The molecule has 1 aromatic carbocycles. The highest BCUT2D eigenvalue weighted by molar-refractivity contribution is 5.88. The second-order valence-electron chi connectivity index (χ2n) is 7.04. The number of nitrogens with zero attached hydrogens (tertiary/aromatic N) is 3. The van der Waals surface area contributed by atoms with E-state index in [0.717, 1.165) is 30.5 Å². The van der Waals surface area contributed by atoms with Crippen molar-refractivity contribution in [2.75, 3.05) is 20.1 Å². The molecule has 27 heavy (non-hydrogen) atoms. The van der Waals surface area contributed by atoms with Crippen LogP contribution < -0.4 is 5.32 Å². The summed E-state index contributed by atoms with van der Waals surface area (Å²) in [5.41, 5.74) is 2.52. The van der Waals surface area contributed by atoms with Crippen LogP contribution in [-0.4, -0.2) is 42.7 Å². The lowest BCUT2D eigenvalue weighted by Crippen LogP contribution is -2.48. The predicted octanol–water partition coefficient (Wildman–Crippen LogP) is 3.11. The fraction of sp³-hybridized carbons (Fsp3) is 0.550. The van der Waals surface area contributed by atoms with Gasteiger partial charge in [0, 0.05) is 25.9 Å². The maximum atomic E-state index is 12.6. The number of carbonyl (C=O) groups is 1. The first kappa shape index (κ1) is 22.9. The summed E-state index contributed by atoms with van der Waals surface area (Å²) in [6.45, 7) is 5.96. The molecule has 148 valence electrons. The molecule has 1 aliphatic rings. The van der Waals surface area contributed by atoms with E-state index >= 15 is 0 Å². The van der Waals surface area contributed by atoms with E-state index in [4.69, 9.17) is 10.1 Å². The van der Waals surface area contributed by atoms with Gasteiger partial charge < -0.3 is 15.1 Å². The molecule has 7 heteroatoms. The first-order valence-electron chi connectivity index (χ1n) is 9.16. The number of hydrogen-bond acceptors (Lipinski definition) is 5. The summed E-state index contributed by atoms with van der Waals surface area (Å²) in [5.74, 6) is 0.653. The van der Waals surface area contributed by atoms with E-state index in [1.807, 2.05) is 24.1 Å². The van der Waals surface area contributed by atoms with Gasteiger partial charge in [0.2, 0.25) is 5.91 Å². The van der Waals surface area contributed by atoms with Crippen LogP contribution in [0.2, 0.25) is 0 Å². The number of rotatable bonds is 7. The number of likely N-dealkylation sites (tertiary alicyclic amines) is 1. The van der Waals surface area contributed by atoms with Crippen molar-refractivity contribution in [3.8, 4) is 6.07 Å². The number of benzene rings is 1. The number of nitrogens with one attached hydrogen (secondary N) is 1. The lowest BCUT2D eigenvalue weighted by molar-refractivity contribution is -0.133. The minimum absolute atomic E-state index is 0. The van der Waals surface area contributed by atoms with E-state index in [1.165, 1.54) is 0 Å². The first-order valence-corrected chi connectivity index (χ1v) is 9.16. The lowest BCUT2D eigenvalue weighted by atomic mass is 10.0. The molecule has 1 fully saturated rings. The van der Waals surface area contributed by atoms with Crippen molar-refractivity contribution in [1.82, 2.24) is 10.2 Å². The van der Waals surface area contributed by atoms with E-state index in [0.29, 0.717) is 31.2 Å². The van der Waals surface area contributed by atoms with Gasteiger partial charge in [0.1, 0.15) is 6.61 Å². The summed E-state index contributed by atoms with van der Waals surface area (Å²) in [6, 6.07) is 9.31. The van der Waals surface area contributed by atoms with Crippen LogP contribution in [0, 0.1) is 17.2 Å². The molecule has 0 aliphatic carbocycles. The summed E-state index contributed by atoms with van der Waals surface area (Å²) >= 11 is 0. The third-order valence-corrected chi connectivity index (χ3v) is 4.49. The number of carbonyl (C=O) groups excluding carboxylic acids is 1. The fourth-order valence-corrected chi connectivity index (χ4v) is 3.04. The quantitative estimate of drug-likeness (QED) is 0.723. The Morgan fingerprint density at radius 3 is 2.67 bits per heavy atom. The Hall–Kier alpha value is -2.10. The zero-order valence-electron chi connectivity index (χ0n) is 16.3. The first-order chi connectivity index (χ1) is 12.5. The molecular formula is C20H29ClN4O2. The maximum Gasteiger partial charge on any atom is 0.239 e. The Morgan fingerprint density at radius 2 is 2.07 bits per heavy atom. The van der Waals surface area contributed by atoms with Crippen LogP contribution in [0.1, 0.15) is 44.2 Å². The number of likely N-dealkylation sites (N-methyl/N-ethyl adjacent to an activating group) is 1. The third kappa shape index (κ3) is 7.20. The molecule has 0 bridgehead atoms. The van der Waals surface area contributed by atoms with Gasteiger partial charge in [-0.25, -0.2) is 0 Å². The van der Waals surface area contributed by atoms with Gasteiger partial charge in [-0.05, 0) is 37.1 Å². The second kappa shape index (κ2) is 11.6. The Labute approximate surface area is 168 Å². The van der Waals surface area contributed by atoms with Crippen LogP contribution in [0.5, 0.6) is 0 Å². The van der Waals surface area contributed by atoms with Gasteiger partial charge in [0.25, 0.3) is 0 Å². The van der Waals surface area contributed by atoms with E-state index in [1.54, 1.807) is 12.1 Å². The third-order valence-electron chi connectivity index (χ3n) is 4.49. The maximum absolute atomic E-state index is 12.6. The van der Waals surface area contributed by atoms with Crippen LogP contribution in [0.3, 0.4) is 0 Å². The SMILES string of the molecule is CN[C@@H](CC(C)C)C(=O)N1CCC(=NOCc2cccc(C#N)c2)CC1.Cl. The normalized spacial score (nSPS) is 14.9. The fourth-order valence-electron chi connectivity index (χ4n) is 3.04. The summed E-state index contributed by atoms with van der Waals surface area (Å²) in [7, 11) is 1.84. The van der Waals surface area contributed by atoms with Crippen molar-refractivity contribution < 1.29 is 9.63 Å². The molecule has 0 saturated carbocycles. The minimum Gasteiger partial charge on any atom is -0.391 e. The molecular weight excluding hydrogens is 364 g/mol. The van der Waals surface area contributed by atoms with Crippen molar-refractivity contribution in [3.63, 3.8) is 0 Å². The van der Waals surface area contributed by atoms with Gasteiger partial charge in [0.05, 0.1) is 23.4 Å². The molecule has 1 aromatic rings. The summed E-state index contributed by atoms with van der Waals surface area (Å²) in [4.78, 5) is 20.0. The van der Waals surface area contributed by atoms with E-state index < -0.39 is 0 Å². The van der Waals surface area contributed by atoms with E-state index in [9.17, 15) is 4.79 Å². The standard InChI is InChI=1S/C20H28N4O2.ClH/c1-15(2)11-19(22-3)20(25)24-9-7-18(8-10-24)23-26-14-17-6-4-5-16(12-17)13-21;/h4-6,12,15,19,22H,7-11,14H2,1-3H3;1H/t19-;/m0./s1. The largest absolute Gasteiger partial charge is 0.391 e. The Kier molecular flexibility index (Phi) is 9.84. The highest BCUT2D eigenvalue weighted by Gasteiger charge is 2.26. The van der Waals surface area contributed by atoms with Crippen LogP contribution in [-0.2, 0) is 16.2 Å². The lowest BCUT2D eigenvalue weighted by Gasteiger charge is -2.31. The van der Waals surface area contributed by atoms with Crippen molar-refractivity contribution in [1.29, 1.82) is 5.26 Å². The number of nitriles is 1. The van der Waals surface area contributed by atoms with E-state index in [-0.39, 0.29) is 24.4 Å². The van der Waals surface area contributed by atoms with Crippen molar-refractivity contribution >= 4 is 24.0 Å². The number of halogens is 1. The van der Waals surface area contributed by atoms with Crippen molar-refractivity contribution in [3.05, 3.63) is 35.4 Å². The molecule has 0 spiro atoms. The molecule has 0 unspecified atom stereocenters. The smallest absolute Gasteiger partial charge is 0.239 e. The van der Waals surface area contributed by atoms with Crippen LogP contribution in [0.25, 0.3) is 0 Å². The molecule has 1 amide bonds. The zero-order valence-corrected chi connectivity index (χ0v) is 17.1. The van der Waals surface area contributed by atoms with Crippen LogP contribution in [0.4, 0.5) is 0 Å². The Balaban J connectivity index is 0.00000364. The second-order valence-corrected chi connectivity index (χ2v) is 7.04. The predicted molar refractivity (Wildman–Crippen MR) is 109 cm³/mol. The van der Waals surface area contributed by atoms with Gasteiger partial charge >= 0.3 is 0 Å². The molecule has 1 N–H and O–H groups in total.